The van der Waals surface area contributed by atoms with Crippen molar-refractivity contribution in [3.05, 3.63) is 29.8 Å². The van der Waals surface area contributed by atoms with Crippen LogP contribution in [0.15, 0.2) is 29.3 Å². The molecular formula is C20H33IN4O2. The monoisotopic (exact) mass is 488 g/mol. The fourth-order valence-corrected chi connectivity index (χ4v) is 3.56. The molecule has 7 heteroatoms. The van der Waals surface area contributed by atoms with Gasteiger partial charge in [-0.05, 0) is 37.5 Å². The maximum atomic E-state index is 5.72. The Morgan fingerprint density at radius 1 is 1.30 bits per heavy atom. The first-order valence-electron chi connectivity index (χ1n) is 9.73. The van der Waals surface area contributed by atoms with E-state index in [0.29, 0.717) is 19.3 Å². The lowest BCUT2D eigenvalue weighted by molar-refractivity contribution is 0.0190. The third-order valence-electron chi connectivity index (χ3n) is 5.02. The maximum absolute atomic E-state index is 5.72. The molecule has 2 heterocycles. The van der Waals surface area contributed by atoms with E-state index < -0.39 is 0 Å². The molecule has 0 aromatic heterocycles. The number of benzene rings is 1. The molecule has 0 radical (unpaired) electrons. The fourth-order valence-electron chi connectivity index (χ4n) is 3.56. The van der Waals surface area contributed by atoms with Crippen LogP contribution in [0.1, 0.15) is 18.4 Å². The Labute approximate surface area is 180 Å². The van der Waals surface area contributed by atoms with Gasteiger partial charge in [-0.15, -0.1) is 24.0 Å². The highest BCUT2D eigenvalue weighted by atomic mass is 127. The average Bonchev–Trinajstić information content (AvgIpc) is 3.18. The van der Waals surface area contributed by atoms with Gasteiger partial charge in [-0.2, -0.15) is 0 Å². The van der Waals surface area contributed by atoms with Crippen LogP contribution in [0.5, 0.6) is 0 Å². The average molecular weight is 488 g/mol. The van der Waals surface area contributed by atoms with Crippen molar-refractivity contribution >= 4 is 35.6 Å². The number of nitrogens with zero attached hydrogens (tertiary/aromatic N) is 3. The summed E-state index contributed by atoms with van der Waals surface area (Å²) < 4.78 is 11.3. The van der Waals surface area contributed by atoms with E-state index in [0.717, 1.165) is 58.1 Å². The van der Waals surface area contributed by atoms with E-state index in [1.807, 2.05) is 7.05 Å². The predicted molar refractivity (Wildman–Crippen MR) is 122 cm³/mol. The summed E-state index contributed by atoms with van der Waals surface area (Å²) in [6.45, 7) is 9.17. The quantitative estimate of drug-likeness (QED) is 0.289. The lowest BCUT2D eigenvalue weighted by Gasteiger charge is -2.37. The van der Waals surface area contributed by atoms with Gasteiger partial charge in [0, 0.05) is 52.1 Å². The highest BCUT2D eigenvalue weighted by molar-refractivity contribution is 14.0. The minimum atomic E-state index is 0. The molecule has 152 valence electrons. The van der Waals surface area contributed by atoms with Crippen molar-refractivity contribution in [2.75, 3.05) is 64.5 Å². The minimum absolute atomic E-state index is 0. The number of ether oxygens (including phenoxy) is 2. The van der Waals surface area contributed by atoms with Crippen molar-refractivity contribution < 1.29 is 9.47 Å². The van der Waals surface area contributed by atoms with Crippen LogP contribution in [0.25, 0.3) is 0 Å². The smallest absolute Gasteiger partial charge is 0.193 e. The van der Waals surface area contributed by atoms with E-state index in [9.17, 15) is 0 Å². The number of rotatable bonds is 6. The zero-order valence-corrected chi connectivity index (χ0v) is 18.9. The highest BCUT2D eigenvalue weighted by Gasteiger charge is 2.20. The third kappa shape index (κ3) is 6.80. The summed E-state index contributed by atoms with van der Waals surface area (Å²) in [7, 11) is 1.85. The SMILES string of the molecule is CN=C(NCCOCC1CCCO1)N1CCN(c2cccc(C)c2)CC1.I. The molecule has 1 N–H and O–H groups in total. The highest BCUT2D eigenvalue weighted by Crippen LogP contribution is 2.17. The van der Waals surface area contributed by atoms with E-state index in [-0.39, 0.29) is 24.0 Å². The van der Waals surface area contributed by atoms with E-state index in [4.69, 9.17) is 9.47 Å². The van der Waals surface area contributed by atoms with Crippen molar-refractivity contribution in [3.8, 4) is 0 Å². The molecule has 0 bridgehead atoms. The predicted octanol–water partition coefficient (Wildman–Crippen LogP) is 2.51. The zero-order valence-electron chi connectivity index (χ0n) is 16.5. The number of aliphatic imine (C=N–C) groups is 1. The second-order valence-corrected chi connectivity index (χ2v) is 7.00. The van der Waals surface area contributed by atoms with Gasteiger partial charge in [-0.25, -0.2) is 0 Å². The summed E-state index contributed by atoms with van der Waals surface area (Å²) in [5.74, 6) is 0.967. The molecule has 1 atom stereocenters. The molecule has 0 spiro atoms. The molecule has 1 unspecified atom stereocenters. The number of anilines is 1. The Kier molecular flexibility index (Phi) is 9.64. The molecule has 0 aliphatic carbocycles. The number of halogens is 1. The number of piperazine rings is 1. The van der Waals surface area contributed by atoms with Gasteiger partial charge >= 0.3 is 0 Å². The molecule has 27 heavy (non-hydrogen) atoms. The summed E-state index contributed by atoms with van der Waals surface area (Å²) in [6.07, 6.45) is 2.58. The van der Waals surface area contributed by atoms with Crippen molar-refractivity contribution in [1.82, 2.24) is 10.2 Å². The van der Waals surface area contributed by atoms with Gasteiger partial charge in [0.05, 0.1) is 19.3 Å². The molecular weight excluding hydrogens is 455 g/mol. The van der Waals surface area contributed by atoms with Crippen LogP contribution in [0.3, 0.4) is 0 Å². The zero-order chi connectivity index (χ0) is 18.2. The van der Waals surface area contributed by atoms with Gasteiger partial charge in [-0.3, -0.25) is 4.99 Å². The lowest BCUT2D eigenvalue weighted by Crippen LogP contribution is -2.53. The third-order valence-corrected chi connectivity index (χ3v) is 5.02. The summed E-state index contributed by atoms with van der Waals surface area (Å²) >= 11 is 0. The van der Waals surface area contributed by atoms with Crippen LogP contribution in [-0.2, 0) is 9.47 Å². The molecule has 0 saturated carbocycles. The number of hydrogen-bond donors (Lipinski definition) is 1. The van der Waals surface area contributed by atoms with Crippen molar-refractivity contribution in [3.63, 3.8) is 0 Å². The van der Waals surface area contributed by atoms with E-state index in [2.05, 4.69) is 51.3 Å². The topological polar surface area (TPSA) is 49.3 Å². The largest absolute Gasteiger partial charge is 0.377 e. The van der Waals surface area contributed by atoms with E-state index in [1.165, 1.54) is 11.3 Å². The van der Waals surface area contributed by atoms with Gasteiger partial charge in [-0.1, -0.05) is 12.1 Å². The van der Waals surface area contributed by atoms with Gasteiger partial charge in [0.1, 0.15) is 0 Å². The Bertz CT molecular complexity index is 585. The Hall–Kier alpha value is -1.06. The van der Waals surface area contributed by atoms with Gasteiger partial charge < -0.3 is 24.6 Å². The lowest BCUT2D eigenvalue weighted by atomic mass is 10.2. The second kappa shape index (κ2) is 11.7. The second-order valence-electron chi connectivity index (χ2n) is 7.00. The molecule has 2 fully saturated rings. The van der Waals surface area contributed by atoms with Crippen molar-refractivity contribution in [1.29, 1.82) is 0 Å². The first kappa shape index (κ1) is 22.2. The molecule has 1 aromatic rings. The Morgan fingerprint density at radius 3 is 2.78 bits per heavy atom. The van der Waals surface area contributed by atoms with Gasteiger partial charge in [0.2, 0.25) is 0 Å². The number of nitrogens with one attached hydrogen (secondary N) is 1. The molecule has 3 rings (SSSR count). The maximum Gasteiger partial charge on any atom is 0.193 e. The molecule has 2 aliphatic rings. The van der Waals surface area contributed by atoms with Gasteiger partial charge in [0.15, 0.2) is 5.96 Å². The summed E-state index contributed by atoms with van der Waals surface area (Å²) in [5, 5.41) is 3.42. The molecule has 6 nitrogen and oxygen atoms in total. The molecule has 2 saturated heterocycles. The number of aryl methyl sites for hydroxylation is 1. The van der Waals surface area contributed by atoms with Gasteiger partial charge in [0.25, 0.3) is 0 Å². The van der Waals surface area contributed by atoms with Crippen LogP contribution in [-0.4, -0.2) is 76.6 Å². The first-order chi connectivity index (χ1) is 12.8. The van der Waals surface area contributed by atoms with E-state index in [1.54, 1.807) is 0 Å². The number of guanidine groups is 1. The van der Waals surface area contributed by atoms with Crippen LogP contribution >= 0.6 is 24.0 Å². The fraction of sp³-hybridized carbons (Fsp3) is 0.650. The normalized spacial score (nSPS) is 20.5. The summed E-state index contributed by atoms with van der Waals surface area (Å²) in [5.41, 5.74) is 2.63. The minimum Gasteiger partial charge on any atom is -0.377 e. The summed E-state index contributed by atoms with van der Waals surface area (Å²) in [4.78, 5) is 9.20. The number of hydrogen-bond acceptors (Lipinski definition) is 4. The van der Waals surface area contributed by atoms with Crippen molar-refractivity contribution in [2.24, 2.45) is 4.99 Å². The van der Waals surface area contributed by atoms with Crippen LogP contribution in [0.4, 0.5) is 5.69 Å². The molecule has 2 aliphatic heterocycles. The van der Waals surface area contributed by atoms with Crippen molar-refractivity contribution in [2.45, 2.75) is 25.9 Å². The van der Waals surface area contributed by atoms with Crippen LogP contribution in [0.2, 0.25) is 0 Å². The van der Waals surface area contributed by atoms with E-state index >= 15 is 0 Å². The standard InChI is InChI=1S/C20H32N4O2.HI/c1-17-5-3-6-18(15-17)23-9-11-24(12-10-23)20(21-2)22-8-14-25-16-19-7-4-13-26-19;/h3,5-6,15,19H,4,7-14,16H2,1-2H3,(H,21,22);1H. The first-order valence-corrected chi connectivity index (χ1v) is 9.73. The molecule has 1 aromatic carbocycles. The Morgan fingerprint density at radius 2 is 2.11 bits per heavy atom. The van der Waals surface area contributed by atoms with Crippen LogP contribution < -0.4 is 10.2 Å². The summed E-state index contributed by atoms with van der Waals surface area (Å²) in [6, 6.07) is 8.73. The molecule has 0 amide bonds. The Balaban J connectivity index is 0.00000261. The van der Waals surface area contributed by atoms with Crippen LogP contribution in [0, 0.1) is 6.92 Å².